The van der Waals surface area contributed by atoms with E-state index in [0.29, 0.717) is 12.0 Å². The highest BCUT2D eigenvalue weighted by atomic mass is 16.7. The minimum atomic E-state index is -0.358. The summed E-state index contributed by atoms with van der Waals surface area (Å²) in [5, 5.41) is 0. The molecular weight excluding hydrogens is 262 g/mol. The molecule has 1 spiro atoms. The Labute approximate surface area is 126 Å². The van der Waals surface area contributed by atoms with Crippen LogP contribution in [0.1, 0.15) is 56.9 Å². The van der Waals surface area contributed by atoms with Crippen LogP contribution in [0.4, 0.5) is 0 Å². The van der Waals surface area contributed by atoms with Crippen molar-refractivity contribution >= 4 is 0 Å². The van der Waals surface area contributed by atoms with E-state index in [1.54, 1.807) is 0 Å². The van der Waals surface area contributed by atoms with Crippen LogP contribution in [0.15, 0.2) is 18.2 Å². The van der Waals surface area contributed by atoms with Crippen molar-refractivity contribution in [2.45, 2.75) is 69.6 Å². The van der Waals surface area contributed by atoms with Gasteiger partial charge in [-0.1, -0.05) is 18.9 Å². The van der Waals surface area contributed by atoms with Crippen molar-refractivity contribution in [3.05, 3.63) is 23.8 Å². The van der Waals surface area contributed by atoms with Gasteiger partial charge in [-0.25, -0.2) is 0 Å². The Morgan fingerprint density at radius 3 is 2.57 bits per heavy atom. The maximum atomic E-state index is 6.21. The lowest BCUT2D eigenvalue weighted by molar-refractivity contribution is -0.105. The Kier molecular flexibility index (Phi) is 3.33. The van der Waals surface area contributed by atoms with Gasteiger partial charge >= 0.3 is 0 Å². The van der Waals surface area contributed by atoms with Crippen LogP contribution in [0.25, 0.3) is 0 Å². The molecule has 21 heavy (non-hydrogen) atoms. The molecule has 0 radical (unpaired) electrons. The van der Waals surface area contributed by atoms with Gasteiger partial charge in [0.2, 0.25) is 0 Å². The summed E-state index contributed by atoms with van der Waals surface area (Å²) in [5.74, 6) is 2.15. The zero-order valence-electron chi connectivity index (χ0n) is 12.6. The molecule has 1 aromatic carbocycles. The van der Waals surface area contributed by atoms with E-state index in [2.05, 4.69) is 18.2 Å². The SMILES string of the molecule is N[C@@H]1CCC[C@@H]1Cc1ccc2c(c1)OC1(CCCCC1)O2. The Bertz CT molecular complexity index is 522. The molecule has 114 valence electrons. The van der Waals surface area contributed by atoms with Gasteiger partial charge in [0.15, 0.2) is 11.5 Å². The highest BCUT2D eigenvalue weighted by Gasteiger charge is 2.42. The molecule has 2 aliphatic carbocycles. The van der Waals surface area contributed by atoms with Crippen molar-refractivity contribution < 1.29 is 9.47 Å². The molecule has 2 N–H and O–H groups in total. The van der Waals surface area contributed by atoms with Gasteiger partial charge < -0.3 is 15.2 Å². The highest BCUT2D eigenvalue weighted by molar-refractivity contribution is 5.46. The lowest BCUT2D eigenvalue weighted by Crippen LogP contribution is -2.40. The van der Waals surface area contributed by atoms with E-state index >= 15 is 0 Å². The van der Waals surface area contributed by atoms with Crippen molar-refractivity contribution in [2.24, 2.45) is 11.7 Å². The molecule has 0 amide bonds. The Hall–Kier alpha value is -1.22. The zero-order valence-corrected chi connectivity index (χ0v) is 12.6. The maximum Gasteiger partial charge on any atom is 0.251 e. The second kappa shape index (κ2) is 5.20. The van der Waals surface area contributed by atoms with Gasteiger partial charge in [-0.15, -0.1) is 0 Å². The van der Waals surface area contributed by atoms with Gasteiger partial charge in [-0.2, -0.15) is 0 Å². The molecule has 0 saturated heterocycles. The minimum Gasteiger partial charge on any atom is -0.448 e. The third-order valence-corrected chi connectivity index (χ3v) is 5.43. The van der Waals surface area contributed by atoms with Crippen molar-refractivity contribution in [2.75, 3.05) is 0 Å². The summed E-state index contributed by atoms with van der Waals surface area (Å²) in [5.41, 5.74) is 7.54. The summed E-state index contributed by atoms with van der Waals surface area (Å²) >= 11 is 0. The lowest BCUT2D eigenvalue weighted by Gasteiger charge is -2.31. The van der Waals surface area contributed by atoms with E-state index in [4.69, 9.17) is 15.2 Å². The van der Waals surface area contributed by atoms with Crippen LogP contribution in [-0.4, -0.2) is 11.8 Å². The predicted octanol–water partition coefficient (Wildman–Crippen LogP) is 3.79. The number of hydrogen-bond donors (Lipinski definition) is 1. The van der Waals surface area contributed by atoms with Crippen LogP contribution >= 0.6 is 0 Å². The molecule has 3 heteroatoms. The molecule has 4 rings (SSSR count). The first-order chi connectivity index (χ1) is 10.2. The summed E-state index contributed by atoms with van der Waals surface area (Å²) < 4.78 is 12.3. The van der Waals surface area contributed by atoms with E-state index in [1.807, 2.05) is 0 Å². The van der Waals surface area contributed by atoms with Gasteiger partial charge in [0, 0.05) is 18.9 Å². The average Bonchev–Trinajstić information content (AvgIpc) is 3.03. The molecular formula is C18H25NO2. The Morgan fingerprint density at radius 2 is 1.81 bits per heavy atom. The molecule has 2 saturated carbocycles. The fourth-order valence-electron chi connectivity index (χ4n) is 4.18. The van der Waals surface area contributed by atoms with Gasteiger partial charge in [0.25, 0.3) is 5.79 Å². The molecule has 1 aliphatic heterocycles. The minimum absolute atomic E-state index is 0.358. The quantitative estimate of drug-likeness (QED) is 0.900. The molecule has 0 aromatic heterocycles. The molecule has 1 heterocycles. The second-order valence-corrected chi connectivity index (χ2v) is 7.02. The van der Waals surface area contributed by atoms with Crippen LogP contribution in [0.5, 0.6) is 11.5 Å². The van der Waals surface area contributed by atoms with E-state index in [0.717, 1.165) is 30.8 Å². The number of fused-ring (bicyclic) bond motifs is 1. The normalized spacial score (nSPS) is 30.0. The summed E-state index contributed by atoms with van der Waals surface area (Å²) in [7, 11) is 0. The number of ether oxygens (including phenoxy) is 2. The molecule has 2 atom stereocenters. The van der Waals surface area contributed by atoms with Crippen LogP contribution < -0.4 is 15.2 Å². The molecule has 1 aromatic rings. The number of nitrogens with two attached hydrogens (primary N) is 1. The van der Waals surface area contributed by atoms with E-state index in [-0.39, 0.29) is 5.79 Å². The predicted molar refractivity (Wildman–Crippen MR) is 82.5 cm³/mol. The standard InChI is InChI=1S/C18H25NO2/c19-15-6-4-5-14(15)11-13-7-8-16-17(12-13)21-18(20-16)9-2-1-3-10-18/h7-8,12,14-15H,1-6,9-11,19H2/t14-,15-/m1/s1. The fourth-order valence-corrected chi connectivity index (χ4v) is 4.18. The van der Waals surface area contributed by atoms with Gasteiger partial charge in [0.05, 0.1) is 0 Å². The zero-order chi connectivity index (χ0) is 14.3. The second-order valence-electron chi connectivity index (χ2n) is 7.02. The first-order valence-electron chi connectivity index (χ1n) is 8.51. The van der Waals surface area contributed by atoms with E-state index < -0.39 is 0 Å². The number of hydrogen-bond acceptors (Lipinski definition) is 3. The monoisotopic (exact) mass is 287 g/mol. The van der Waals surface area contributed by atoms with Crippen molar-refractivity contribution in [1.29, 1.82) is 0 Å². The molecule has 3 nitrogen and oxygen atoms in total. The number of benzene rings is 1. The topological polar surface area (TPSA) is 44.5 Å². The van der Waals surface area contributed by atoms with E-state index in [1.165, 1.54) is 44.1 Å². The maximum absolute atomic E-state index is 6.21. The fraction of sp³-hybridized carbons (Fsp3) is 0.667. The highest BCUT2D eigenvalue weighted by Crippen LogP contribution is 2.46. The molecule has 0 unspecified atom stereocenters. The van der Waals surface area contributed by atoms with Crippen LogP contribution in [-0.2, 0) is 6.42 Å². The van der Waals surface area contributed by atoms with Crippen molar-refractivity contribution in [3.63, 3.8) is 0 Å². The molecule has 3 aliphatic rings. The van der Waals surface area contributed by atoms with Crippen LogP contribution in [0, 0.1) is 5.92 Å². The largest absolute Gasteiger partial charge is 0.448 e. The van der Waals surface area contributed by atoms with Gasteiger partial charge in [0.1, 0.15) is 0 Å². The molecule has 0 bridgehead atoms. The lowest BCUT2D eigenvalue weighted by atomic mass is 9.94. The Balaban J connectivity index is 1.50. The summed E-state index contributed by atoms with van der Waals surface area (Å²) in [4.78, 5) is 0. The van der Waals surface area contributed by atoms with Gasteiger partial charge in [-0.3, -0.25) is 0 Å². The van der Waals surface area contributed by atoms with Crippen LogP contribution in [0.3, 0.4) is 0 Å². The van der Waals surface area contributed by atoms with Crippen molar-refractivity contribution in [3.8, 4) is 11.5 Å². The van der Waals surface area contributed by atoms with E-state index in [9.17, 15) is 0 Å². The number of rotatable bonds is 2. The van der Waals surface area contributed by atoms with Crippen molar-refractivity contribution in [1.82, 2.24) is 0 Å². The Morgan fingerprint density at radius 1 is 1.00 bits per heavy atom. The first kappa shape index (κ1) is 13.4. The van der Waals surface area contributed by atoms with Gasteiger partial charge in [-0.05, 0) is 55.7 Å². The molecule has 2 fully saturated rings. The smallest absolute Gasteiger partial charge is 0.251 e. The third-order valence-electron chi connectivity index (χ3n) is 5.43. The summed E-state index contributed by atoms with van der Waals surface area (Å²) in [6, 6.07) is 6.84. The third kappa shape index (κ3) is 2.52. The summed E-state index contributed by atoms with van der Waals surface area (Å²) in [6.07, 6.45) is 10.5. The van der Waals surface area contributed by atoms with Crippen LogP contribution in [0.2, 0.25) is 0 Å². The average molecular weight is 287 g/mol. The first-order valence-corrected chi connectivity index (χ1v) is 8.51. The summed E-state index contributed by atoms with van der Waals surface area (Å²) in [6.45, 7) is 0.